The number of imide groups is 1. The van der Waals surface area contributed by atoms with Crippen LogP contribution in [0.3, 0.4) is 0 Å². The monoisotopic (exact) mass is 726 g/mol. The third-order valence-electron chi connectivity index (χ3n) is 9.78. The molecule has 3 heterocycles. The van der Waals surface area contributed by atoms with Gasteiger partial charge in [0.1, 0.15) is 17.7 Å². The fourth-order valence-electron chi connectivity index (χ4n) is 6.88. The zero-order valence-corrected chi connectivity index (χ0v) is 28.5. The molecular formula is C38H33F7N4O3. The normalized spacial score (nSPS) is 16.4. The van der Waals surface area contributed by atoms with Crippen LogP contribution in [0.15, 0.2) is 72.9 Å². The molecule has 1 unspecified atom stereocenters. The Labute approximate surface area is 294 Å². The van der Waals surface area contributed by atoms with Crippen LogP contribution in [0.4, 0.5) is 42.2 Å². The summed E-state index contributed by atoms with van der Waals surface area (Å²) in [5.74, 6) is -1.87. The number of carbonyl (C=O) groups excluding carboxylic acids is 3. The molecule has 1 atom stereocenters. The highest BCUT2D eigenvalue weighted by atomic mass is 19.4. The van der Waals surface area contributed by atoms with E-state index in [0.29, 0.717) is 59.6 Å². The van der Waals surface area contributed by atoms with Gasteiger partial charge in [-0.2, -0.15) is 26.3 Å². The highest BCUT2D eigenvalue weighted by Gasteiger charge is 2.43. The van der Waals surface area contributed by atoms with Crippen LogP contribution in [-0.4, -0.2) is 47.2 Å². The number of likely N-dealkylation sites (N-methyl/N-ethyl adjacent to an activating group) is 1. The van der Waals surface area contributed by atoms with Gasteiger partial charge in [0.25, 0.3) is 11.8 Å². The smallest absolute Gasteiger partial charge is 0.345 e. The average molecular weight is 727 g/mol. The van der Waals surface area contributed by atoms with Crippen LogP contribution in [0.5, 0.6) is 0 Å². The lowest BCUT2D eigenvalue weighted by Crippen LogP contribution is -2.46. The molecule has 4 aromatic rings. The molecule has 2 aliphatic heterocycles. The molecule has 272 valence electrons. The summed E-state index contributed by atoms with van der Waals surface area (Å²) >= 11 is 0. The molecule has 1 fully saturated rings. The maximum Gasteiger partial charge on any atom is 0.416 e. The third-order valence-corrected chi connectivity index (χ3v) is 9.78. The van der Waals surface area contributed by atoms with Gasteiger partial charge in [-0.3, -0.25) is 19.3 Å². The summed E-state index contributed by atoms with van der Waals surface area (Å²) in [7, 11) is 1.32. The minimum Gasteiger partial charge on any atom is -0.345 e. The first kappa shape index (κ1) is 36.5. The Kier molecular flexibility index (Phi) is 9.17. The summed E-state index contributed by atoms with van der Waals surface area (Å²) in [5.41, 5.74) is -2.94. The molecule has 1 aromatic heterocycles. The van der Waals surface area contributed by atoms with Gasteiger partial charge < -0.3 is 9.80 Å². The average Bonchev–Trinajstić information content (AvgIpc) is 3.71. The van der Waals surface area contributed by atoms with E-state index >= 15 is 0 Å². The number of fused-ring (bicyclic) bond motifs is 1. The number of benzene rings is 3. The minimum absolute atomic E-state index is 0.000657. The molecule has 3 amide bonds. The quantitative estimate of drug-likeness (QED) is 0.148. The molecule has 7 nitrogen and oxygen atoms in total. The Morgan fingerprint density at radius 2 is 1.48 bits per heavy atom. The van der Waals surface area contributed by atoms with Crippen molar-refractivity contribution in [3.05, 3.63) is 112 Å². The predicted molar refractivity (Wildman–Crippen MR) is 179 cm³/mol. The molecule has 0 aliphatic carbocycles. The van der Waals surface area contributed by atoms with E-state index in [1.165, 1.54) is 50.2 Å². The van der Waals surface area contributed by atoms with E-state index in [9.17, 15) is 45.1 Å². The van der Waals surface area contributed by atoms with Crippen molar-refractivity contribution in [2.45, 2.75) is 64.0 Å². The Balaban J connectivity index is 1.39. The summed E-state index contributed by atoms with van der Waals surface area (Å²) in [6.45, 7) is 4.62. The topological polar surface area (TPSA) is 73.8 Å². The molecule has 0 N–H and O–H groups in total. The van der Waals surface area contributed by atoms with Crippen molar-refractivity contribution >= 4 is 29.2 Å². The number of carbonyl (C=O) groups is 3. The lowest BCUT2D eigenvalue weighted by atomic mass is 9.81. The second-order valence-corrected chi connectivity index (χ2v) is 13.5. The summed E-state index contributed by atoms with van der Waals surface area (Å²) in [4.78, 5) is 49.7. The lowest BCUT2D eigenvalue weighted by Gasteiger charge is -2.33. The van der Waals surface area contributed by atoms with Crippen LogP contribution >= 0.6 is 0 Å². The van der Waals surface area contributed by atoms with Crippen molar-refractivity contribution in [2.24, 2.45) is 0 Å². The van der Waals surface area contributed by atoms with Crippen LogP contribution in [0.2, 0.25) is 0 Å². The summed E-state index contributed by atoms with van der Waals surface area (Å²) < 4.78 is 96.6. The van der Waals surface area contributed by atoms with E-state index in [2.05, 4.69) is 4.98 Å². The molecule has 2 aliphatic rings. The zero-order valence-electron chi connectivity index (χ0n) is 28.5. The van der Waals surface area contributed by atoms with E-state index in [1.807, 2.05) is 0 Å². The first-order chi connectivity index (χ1) is 24.3. The van der Waals surface area contributed by atoms with Crippen molar-refractivity contribution in [3.8, 4) is 11.1 Å². The molecule has 14 heteroatoms. The summed E-state index contributed by atoms with van der Waals surface area (Å²) in [5, 5.41) is 0. The van der Waals surface area contributed by atoms with Crippen LogP contribution in [0.1, 0.15) is 64.9 Å². The van der Waals surface area contributed by atoms with Crippen molar-refractivity contribution in [1.82, 2.24) is 9.88 Å². The van der Waals surface area contributed by atoms with E-state index in [0.717, 1.165) is 10.5 Å². The lowest BCUT2D eigenvalue weighted by molar-refractivity contribution is -0.143. The molecule has 0 saturated carbocycles. The van der Waals surface area contributed by atoms with Gasteiger partial charge in [0.2, 0.25) is 5.91 Å². The fraction of sp³-hybridized carbons (Fsp3) is 0.316. The van der Waals surface area contributed by atoms with E-state index in [1.54, 1.807) is 42.2 Å². The zero-order chi connectivity index (χ0) is 37.9. The van der Waals surface area contributed by atoms with Gasteiger partial charge in [-0.25, -0.2) is 9.37 Å². The van der Waals surface area contributed by atoms with E-state index < -0.39 is 64.0 Å². The SMILES string of the molecule is Cc1cc(F)ccc1-c1cc(N2CCCC2C(=O)N2Cc3ccccc3C2=O)ncc1N(C)C(=O)C(C)(C)c1cc(C(F)(F)F)cc(C(F)(F)F)c1. The molecule has 52 heavy (non-hydrogen) atoms. The number of pyridine rings is 1. The molecule has 1 saturated heterocycles. The van der Waals surface area contributed by atoms with Gasteiger partial charge in [0.15, 0.2) is 0 Å². The molecule has 6 rings (SSSR count). The fourth-order valence-corrected chi connectivity index (χ4v) is 6.88. The molecular weight excluding hydrogens is 693 g/mol. The maximum atomic E-state index is 14.3. The molecule has 3 aromatic carbocycles. The van der Waals surface area contributed by atoms with Gasteiger partial charge in [-0.05, 0) is 98.3 Å². The largest absolute Gasteiger partial charge is 0.416 e. The highest BCUT2D eigenvalue weighted by Crippen LogP contribution is 2.42. The summed E-state index contributed by atoms with van der Waals surface area (Å²) in [6, 6.07) is 12.8. The number of anilines is 2. The third kappa shape index (κ3) is 6.61. The van der Waals surface area contributed by atoms with E-state index in [-0.39, 0.29) is 18.3 Å². The summed E-state index contributed by atoms with van der Waals surface area (Å²) in [6.07, 6.45) is -7.88. The van der Waals surface area contributed by atoms with Crippen molar-refractivity contribution < 1.29 is 45.1 Å². The number of aryl methyl sites for hydroxylation is 1. The Morgan fingerprint density at radius 3 is 2.10 bits per heavy atom. The molecule has 0 spiro atoms. The minimum atomic E-state index is -5.12. The number of aromatic nitrogens is 1. The predicted octanol–water partition coefficient (Wildman–Crippen LogP) is 8.33. The number of nitrogens with zero attached hydrogens (tertiary/aromatic N) is 4. The van der Waals surface area contributed by atoms with Gasteiger partial charge >= 0.3 is 12.4 Å². The van der Waals surface area contributed by atoms with E-state index in [4.69, 9.17) is 0 Å². The number of hydrogen-bond donors (Lipinski definition) is 0. The Hall–Kier alpha value is -5.27. The number of halogens is 7. The second kappa shape index (κ2) is 13.1. The number of alkyl halides is 6. The van der Waals surface area contributed by atoms with Gasteiger partial charge in [0, 0.05) is 24.7 Å². The van der Waals surface area contributed by atoms with Gasteiger partial charge in [0.05, 0.1) is 35.0 Å². The number of rotatable bonds is 6. The molecule has 0 bridgehead atoms. The van der Waals surface area contributed by atoms with Crippen molar-refractivity contribution in [3.63, 3.8) is 0 Å². The van der Waals surface area contributed by atoms with Crippen molar-refractivity contribution in [1.29, 1.82) is 0 Å². The van der Waals surface area contributed by atoms with Gasteiger partial charge in [-0.15, -0.1) is 0 Å². The standard InChI is InChI=1S/C38H33F7N4O3/c1-21-14-26(39)11-12-27(21)29-18-32(48-13-7-10-30(48)34(51)49-20-22-8-5-6-9-28(22)33(49)50)46-19-31(29)47(4)35(52)36(2,3)23-15-24(37(40,41)42)17-25(16-23)38(43,44)45/h5-6,8-9,11-12,14-19,30H,7,10,13,20H2,1-4H3. The van der Waals surface area contributed by atoms with Gasteiger partial charge in [-0.1, -0.05) is 24.3 Å². The number of hydrogen-bond acceptors (Lipinski definition) is 5. The van der Waals surface area contributed by atoms with Crippen LogP contribution in [0, 0.1) is 12.7 Å². The molecule has 0 radical (unpaired) electrons. The van der Waals surface area contributed by atoms with Crippen molar-refractivity contribution in [2.75, 3.05) is 23.4 Å². The Morgan fingerprint density at radius 1 is 0.846 bits per heavy atom. The van der Waals surface area contributed by atoms with Crippen LogP contribution in [0.25, 0.3) is 11.1 Å². The highest BCUT2D eigenvalue weighted by molar-refractivity contribution is 6.10. The Bertz CT molecular complexity index is 2060. The maximum absolute atomic E-state index is 14.3. The van der Waals surface area contributed by atoms with Crippen LogP contribution < -0.4 is 9.80 Å². The number of amides is 3. The van der Waals surface area contributed by atoms with Crippen LogP contribution in [-0.2, 0) is 33.9 Å². The first-order valence-corrected chi connectivity index (χ1v) is 16.3. The first-order valence-electron chi connectivity index (χ1n) is 16.3. The second-order valence-electron chi connectivity index (χ2n) is 13.5.